The number of benzene rings is 2. The molecule has 0 spiro atoms. The Hall–Kier alpha value is -1.70. The highest BCUT2D eigenvalue weighted by molar-refractivity contribution is 7.90. The Bertz CT molecular complexity index is 1000. The Balaban J connectivity index is 1.87. The smallest absolute Gasteiger partial charge is 0.224 e. The topological polar surface area (TPSA) is 71.5 Å². The standard InChI is InChI=1S/C20H25NO4S2/c1-15(2)17-6-4-16(5-7-17)14-21(18-8-9-18)27(24,25)20-12-10-19(11-13-20)26(3,22)23/h4-7,10-13,15,18H,8-9,14H2,1-3H3. The highest BCUT2D eigenvalue weighted by Crippen LogP contribution is 2.34. The average molecular weight is 408 g/mol. The molecule has 1 aliphatic rings. The number of sulfonamides is 1. The van der Waals surface area contributed by atoms with Gasteiger partial charge in [-0.3, -0.25) is 0 Å². The molecule has 0 atom stereocenters. The maximum absolute atomic E-state index is 13.1. The van der Waals surface area contributed by atoms with Crippen molar-refractivity contribution in [2.75, 3.05) is 6.26 Å². The van der Waals surface area contributed by atoms with Crippen LogP contribution in [0, 0.1) is 0 Å². The number of hydrogen-bond acceptors (Lipinski definition) is 4. The molecule has 1 saturated carbocycles. The van der Waals surface area contributed by atoms with Gasteiger partial charge in [0.25, 0.3) is 0 Å². The molecule has 3 rings (SSSR count). The van der Waals surface area contributed by atoms with E-state index in [9.17, 15) is 16.8 Å². The first-order valence-electron chi connectivity index (χ1n) is 9.00. The fourth-order valence-electron chi connectivity index (χ4n) is 2.95. The summed E-state index contributed by atoms with van der Waals surface area (Å²) in [7, 11) is -7.04. The summed E-state index contributed by atoms with van der Waals surface area (Å²) < 4.78 is 51.0. The van der Waals surface area contributed by atoms with E-state index < -0.39 is 19.9 Å². The van der Waals surface area contributed by atoms with Crippen LogP contribution in [0.2, 0.25) is 0 Å². The van der Waals surface area contributed by atoms with Gasteiger partial charge < -0.3 is 0 Å². The van der Waals surface area contributed by atoms with Crippen molar-refractivity contribution in [2.45, 2.75) is 55.0 Å². The van der Waals surface area contributed by atoms with Crippen molar-refractivity contribution in [1.82, 2.24) is 4.31 Å². The molecule has 0 amide bonds. The van der Waals surface area contributed by atoms with Crippen molar-refractivity contribution in [2.24, 2.45) is 0 Å². The summed E-state index contributed by atoms with van der Waals surface area (Å²) in [6.07, 6.45) is 2.81. The van der Waals surface area contributed by atoms with E-state index in [1.165, 1.54) is 34.1 Å². The Kier molecular flexibility index (Phi) is 5.47. The molecule has 2 aromatic rings. The van der Waals surface area contributed by atoms with Crippen molar-refractivity contribution in [3.05, 3.63) is 59.7 Å². The van der Waals surface area contributed by atoms with Gasteiger partial charge in [-0.25, -0.2) is 16.8 Å². The number of rotatable bonds is 7. The molecule has 0 N–H and O–H groups in total. The zero-order valence-corrected chi connectivity index (χ0v) is 17.4. The van der Waals surface area contributed by atoms with Gasteiger partial charge in [0.1, 0.15) is 0 Å². The Morgan fingerprint density at radius 2 is 1.41 bits per heavy atom. The molecular weight excluding hydrogens is 382 g/mol. The quantitative estimate of drug-likeness (QED) is 0.703. The van der Waals surface area contributed by atoms with E-state index in [0.29, 0.717) is 12.5 Å². The second-order valence-corrected chi connectivity index (χ2v) is 11.3. The zero-order chi connectivity index (χ0) is 19.8. The normalized spacial score (nSPS) is 15.4. The van der Waals surface area contributed by atoms with Crippen LogP contribution in [0.4, 0.5) is 0 Å². The molecule has 5 nitrogen and oxygen atoms in total. The molecular formula is C20H25NO4S2. The van der Waals surface area contributed by atoms with E-state index in [1.54, 1.807) is 0 Å². The third-order valence-corrected chi connectivity index (χ3v) is 7.84. The van der Waals surface area contributed by atoms with Gasteiger partial charge in [0.05, 0.1) is 9.79 Å². The fraction of sp³-hybridized carbons (Fsp3) is 0.400. The molecule has 0 radical (unpaired) electrons. The number of hydrogen-bond donors (Lipinski definition) is 0. The van der Waals surface area contributed by atoms with Crippen LogP contribution in [0.5, 0.6) is 0 Å². The molecule has 0 unspecified atom stereocenters. The van der Waals surface area contributed by atoms with Gasteiger partial charge in [-0.1, -0.05) is 38.1 Å². The first-order chi connectivity index (χ1) is 12.6. The lowest BCUT2D eigenvalue weighted by atomic mass is 10.0. The van der Waals surface area contributed by atoms with Crippen molar-refractivity contribution in [3.8, 4) is 0 Å². The first kappa shape index (κ1) is 20.0. The third kappa shape index (κ3) is 4.59. The molecule has 0 heterocycles. The summed E-state index contributed by atoms with van der Waals surface area (Å²) in [5.74, 6) is 0.427. The van der Waals surface area contributed by atoms with Crippen LogP contribution in [0.1, 0.15) is 43.7 Å². The van der Waals surface area contributed by atoms with Crippen LogP contribution in [-0.4, -0.2) is 33.4 Å². The monoisotopic (exact) mass is 407 g/mol. The largest absolute Gasteiger partial charge is 0.243 e. The lowest BCUT2D eigenvalue weighted by Gasteiger charge is -2.22. The van der Waals surface area contributed by atoms with Gasteiger partial charge in [0.2, 0.25) is 10.0 Å². The summed E-state index contributed by atoms with van der Waals surface area (Å²) in [6, 6.07) is 13.5. The van der Waals surface area contributed by atoms with E-state index in [2.05, 4.69) is 13.8 Å². The molecule has 0 bridgehead atoms. The molecule has 7 heteroatoms. The summed E-state index contributed by atoms with van der Waals surface area (Å²) in [4.78, 5) is 0.240. The minimum absolute atomic E-state index is 0.00867. The molecule has 146 valence electrons. The Labute approximate surface area is 162 Å². The molecule has 0 saturated heterocycles. The van der Waals surface area contributed by atoms with E-state index in [-0.39, 0.29) is 15.8 Å². The second-order valence-electron chi connectivity index (χ2n) is 7.42. The van der Waals surface area contributed by atoms with Crippen LogP contribution < -0.4 is 0 Å². The maximum Gasteiger partial charge on any atom is 0.243 e. The fourth-order valence-corrected chi connectivity index (χ4v) is 5.26. The third-order valence-electron chi connectivity index (χ3n) is 4.80. The molecule has 0 aromatic heterocycles. The molecule has 27 heavy (non-hydrogen) atoms. The van der Waals surface area contributed by atoms with Crippen LogP contribution in [0.15, 0.2) is 58.3 Å². The van der Waals surface area contributed by atoms with Crippen LogP contribution >= 0.6 is 0 Å². The Morgan fingerprint density at radius 3 is 1.85 bits per heavy atom. The molecule has 1 fully saturated rings. The summed E-state index contributed by atoms with van der Waals surface area (Å²) in [5, 5.41) is 0. The SMILES string of the molecule is CC(C)c1ccc(CN(C2CC2)S(=O)(=O)c2ccc(S(C)(=O)=O)cc2)cc1. The van der Waals surface area contributed by atoms with Gasteiger partial charge in [-0.15, -0.1) is 0 Å². The van der Waals surface area contributed by atoms with E-state index in [1.807, 2.05) is 24.3 Å². The number of sulfone groups is 1. The minimum atomic E-state index is -3.69. The second kappa shape index (κ2) is 7.37. The van der Waals surface area contributed by atoms with E-state index >= 15 is 0 Å². The van der Waals surface area contributed by atoms with Crippen molar-refractivity contribution < 1.29 is 16.8 Å². The predicted octanol–water partition coefficient (Wildman–Crippen LogP) is 3.57. The van der Waals surface area contributed by atoms with E-state index in [4.69, 9.17) is 0 Å². The maximum atomic E-state index is 13.1. The first-order valence-corrected chi connectivity index (χ1v) is 12.3. The van der Waals surface area contributed by atoms with Gasteiger partial charge in [-0.05, 0) is 54.2 Å². The molecule has 1 aliphatic carbocycles. The Morgan fingerprint density at radius 1 is 0.889 bits per heavy atom. The van der Waals surface area contributed by atoms with Crippen LogP contribution in [0.3, 0.4) is 0 Å². The lowest BCUT2D eigenvalue weighted by Crippen LogP contribution is -2.32. The predicted molar refractivity (Wildman–Crippen MR) is 106 cm³/mol. The highest BCUT2D eigenvalue weighted by Gasteiger charge is 2.38. The van der Waals surface area contributed by atoms with Crippen molar-refractivity contribution >= 4 is 19.9 Å². The number of nitrogens with zero attached hydrogens (tertiary/aromatic N) is 1. The average Bonchev–Trinajstić information content (AvgIpc) is 3.44. The summed E-state index contributed by atoms with van der Waals surface area (Å²) in [5.41, 5.74) is 2.17. The van der Waals surface area contributed by atoms with Gasteiger partial charge >= 0.3 is 0 Å². The van der Waals surface area contributed by atoms with Crippen LogP contribution in [0.25, 0.3) is 0 Å². The molecule has 2 aromatic carbocycles. The lowest BCUT2D eigenvalue weighted by molar-refractivity contribution is 0.398. The highest BCUT2D eigenvalue weighted by atomic mass is 32.2. The zero-order valence-electron chi connectivity index (χ0n) is 15.8. The summed E-state index contributed by atoms with van der Waals surface area (Å²) in [6.45, 7) is 4.56. The van der Waals surface area contributed by atoms with E-state index in [0.717, 1.165) is 24.7 Å². The van der Waals surface area contributed by atoms with Gasteiger partial charge in [0.15, 0.2) is 9.84 Å². The van der Waals surface area contributed by atoms with Crippen molar-refractivity contribution in [3.63, 3.8) is 0 Å². The van der Waals surface area contributed by atoms with Gasteiger partial charge in [-0.2, -0.15) is 4.31 Å². The summed E-state index contributed by atoms with van der Waals surface area (Å²) >= 11 is 0. The van der Waals surface area contributed by atoms with Gasteiger partial charge in [0, 0.05) is 18.8 Å². The molecule has 0 aliphatic heterocycles. The minimum Gasteiger partial charge on any atom is -0.224 e. The van der Waals surface area contributed by atoms with Crippen LogP contribution in [-0.2, 0) is 26.4 Å². The van der Waals surface area contributed by atoms with Crippen molar-refractivity contribution in [1.29, 1.82) is 0 Å².